The molecule has 4 rings (SSSR count). The molecule has 1 amide bonds. The second-order valence-electron chi connectivity index (χ2n) is 8.14. The SMILES string of the molecule is COc1ccc(-c2cc(NC(=O)COc3ccc(C(C)C)cc3)n(-c3ccccn3)n2)cc1OC. The fourth-order valence-electron chi connectivity index (χ4n) is 3.54. The highest BCUT2D eigenvalue weighted by Gasteiger charge is 2.16. The van der Waals surface area contributed by atoms with Crippen molar-refractivity contribution < 1.29 is 19.0 Å². The zero-order chi connectivity index (χ0) is 24.8. The van der Waals surface area contributed by atoms with Gasteiger partial charge in [-0.05, 0) is 53.9 Å². The van der Waals surface area contributed by atoms with Gasteiger partial charge in [-0.3, -0.25) is 4.79 Å². The number of nitrogens with one attached hydrogen (secondary N) is 1. The summed E-state index contributed by atoms with van der Waals surface area (Å²) in [6, 6.07) is 20.5. The third-order valence-corrected chi connectivity index (χ3v) is 5.44. The van der Waals surface area contributed by atoms with Crippen molar-refractivity contribution >= 4 is 11.7 Å². The third kappa shape index (κ3) is 5.60. The van der Waals surface area contributed by atoms with Crippen molar-refractivity contribution in [2.24, 2.45) is 0 Å². The lowest BCUT2D eigenvalue weighted by Gasteiger charge is -2.10. The molecule has 0 bridgehead atoms. The van der Waals surface area contributed by atoms with Gasteiger partial charge in [0.2, 0.25) is 0 Å². The molecule has 0 spiro atoms. The molecule has 2 aromatic carbocycles. The smallest absolute Gasteiger partial charge is 0.263 e. The van der Waals surface area contributed by atoms with Gasteiger partial charge in [-0.15, -0.1) is 0 Å². The van der Waals surface area contributed by atoms with Crippen LogP contribution in [0.5, 0.6) is 17.2 Å². The van der Waals surface area contributed by atoms with Crippen molar-refractivity contribution in [2.45, 2.75) is 19.8 Å². The third-order valence-electron chi connectivity index (χ3n) is 5.44. The first kappa shape index (κ1) is 23.8. The summed E-state index contributed by atoms with van der Waals surface area (Å²) >= 11 is 0. The number of hydrogen-bond acceptors (Lipinski definition) is 6. The van der Waals surface area contributed by atoms with Crippen molar-refractivity contribution in [1.82, 2.24) is 14.8 Å². The summed E-state index contributed by atoms with van der Waals surface area (Å²) in [5.41, 5.74) is 2.65. The van der Waals surface area contributed by atoms with E-state index >= 15 is 0 Å². The summed E-state index contributed by atoms with van der Waals surface area (Å²) in [6.07, 6.45) is 1.67. The van der Waals surface area contributed by atoms with Crippen LogP contribution in [0.25, 0.3) is 17.1 Å². The molecule has 2 heterocycles. The Morgan fingerprint density at radius 3 is 2.40 bits per heavy atom. The van der Waals surface area contributed by atoms with Crippen molar-refractivity contribution in [3.63, 3.8) is 0 Å². The molecule has 8 heteroatoms. The lowest BCUT2D eigenvalue weighted by molar-refractivity contribution is -0.118. The van der Waals surface area contributed by atoms with E-state index in [-0.39, 0.29) is 12.5 Å². The highest BCUT2D eigenvalue weighted by Crippen LogP contribution is 2.33. The van der Waals surface area contributed by atoms with Crippen molar-refractivity contribution in [2.75, 3.05) is 26.1 Å². The number of methoxy groups -OCH3 is 2. The summed E-state index contributed by atoms with van der Waals surface area (Å²) in [5.74, 6) is 2.99. The van der Waals surface area contributed by atoms with Gasteiger partial charge in [-0.2, -0.15) is 9.78 Å². The van der Waals surface area contributed by atoms with Gasteiger partial charge in [-0.1, -0.05) is 32.0 Å². The second kappa shape index (κ2) is 10.7. The van der Waals surface area contributed by atoms with Crippen LogP contribution in [0, 0.1) is 0 Å². The second-order valence-corrected chi connectivity index (χ2v) is 8.14. The number of hydrogen-bond donors (Lipinski definition) is 1. The highest BCUT2D eigenvalue weighted by atomic mass is 16.5. The summed E-state index contributed by atoms with van der Waals surface area (Å²) in [5, 5.41) is 7.57. The normalized spacial score (nSPS) is 10.8. The van der Waals surface area contributed by atoms with Crippen LogP contribution in [0.4, 0.5) is 5.82 Å². The number of anilines is 1. The van der Waals surface area contributed by atoms with E-state index in [4.69, 9.17) is 14.2 Å². The van der Waals surface area contributed by atoms with Crippen LogP contribution < -0.4 is 19.5 Å². The quantitative estimate of drug-likeness (QED) is 0.365. The van der Waals surface area contributed by atoms with Crippen LogP contribution in [-0.4, -0.2) is 41.5 Å². The molecule has 1 N–H and O–H groups in total. The lowest BCUT2D eigenvalue weighted by Crippen LogP contribution is -2.22. The van der Waals surface area contributed by atoms with Gasteiger partial charge in [-0.25, -0.2) is 4.98 Å². The molecule has 180 valence electrons. The average molecular weight is 473 g/mol. The first-order valence-electron chi connectivity index (χ1n) is 11.2. The minimum atomic E-state index is -0.311. The van der Waals surface area contributed by atoms with E-state index < -0.39 is 0 Å². The van der Waals surface area contributed by atoms with Crippen LogP contribution in [0.15, 0.2) is 72.9 Å². The molecule has 35 heavy (non-hydrogen) atoms. The molecule has 0 aliphatic carbocycles. The van der Waals surface area contributed by atoms with Gasteiger partial charge in [0.25, 0.3) is 5.91 Å². The van der Waals surface area contributed by atoms with Crippen LogP contribution in [0.2, 0.25) is 0 Å². The van der Waals surface area contributed by atoms with E-state index in [0.717, 1.165) is 5.56 Å². The van der Waals surface area contributed by atoms with Crippen LogP contribution >= 0.6 is 0 Å². The Labute approximate surface area is 204 Å². The topological polar surface area (TPSA) is 87.5 Å². The van der Waals surface area contributed by atoms with Gasteiger partial charge in [0, 0.05) is 17.8 Å². The maximum Gasteiger partial charge on any atom is 0.263 e. The Kier molecular flexibility index (Phi) is 7.30. The number of aromatic nitrogens is 3. The minimum absolute atomic E-state index is 0.139. The molecule has 2 aromatic heterocycles. The molecule has 0 saturated carbocycles. The number of pyridine rings is 1. The summed E-state index contributed by atoms with van der Waals surface area (Å²) in [4.78, 5) is 17.1. The molecule has 4 aromatic rings. The first-order chi connectivity index (χ1) is 17.0. The standard InChI is InChI=1S/C27H28N4O4/c1-18(2)19-8-11-21(12-9-19)35-17-27(32)29-26-16-22(30-31(26)25-7-5-6-14-28-25)20-10-13-23(33-3)24(15-20)34-4/h5-16,18H,17H2,1-4H3,(H,29,32). The Bertz CT molecular complexity index is 1280. The summed E-state index contributed by atoms with van der Waals surface area (Å²) < 4.78 is 18.0. The van der Waals surface area contributed by atoms with E-state index in [1.165, 1.54) is 5.56 Å². The van der Waals surface area contributed by atoms with Crippen molar-refractivity contribution in [3.05, 3.63) is 78.5 Å². The Hall–Kier alpha value is -4.33. The number of ether oxygens (including phenoxy) is 3. The van der Waals surface area contributed by atoms with Crippen LogP contribution in [0.1, 0.15) is 25.3 Å². The molecule has 0 unspecified atom stereocenters. The summed E-state index contributed by atoms with van der Waals surface area (Å²) in [7, 11) is 3.16. The van der Waals surface area contributed by atoms with Crippen molar-refractivity contribution in [1.29, 1.82) is 0 Å². The van der Waals surface area contributed by atoms with Gasteiger partial charge < -0.3 is 19.5 Å². The van der Waals surface area contributed by atoms with E-state index in [1.807, 2.05) is 60.7 Å². The molecule has 0 radical (unpaired) electrons. The Morgan fingerprint density at radius 2 is 1.74 bits per heavy atom. The Balaban J connectivity index is 1.56. The number of carbonyl (C=O) groups excluding carboxylic acids is 1. The number of nitrogens with zero attached hydrogens (tertiary/aromatic N) is 3. The first-order valence-corrected chi connectivity index (χ1v) is 11.2. The van der Waals surface area contributed by atoms with E-state index in [2.05, 4.69) is 29.2 Å². The number of amides is 1. The largest absolute Gasteiger partial charge is 0.493 e. The van der Waals surface area contributed by atoms with Crippen molar-refractivity contribution in [3.8, 4) is 34.3 Å². The molecular weight excluding hydrogens is 444 g/mol. The van der Waals surface area contributed by atoms with Crippen LogP contribution in [-0.2, 0) is 4.79 Å². The monoisotopic (exact) mass is 472 g/mol. The summed E-state index contributed by atoms with van der Waals surface area (Å²) in [6.45, 7) is 4.12. The number of benzene rings is 2. The van der Waals surface area contributed by atoms with Gasteiger partial charge in [0.05, 0.1) is 19.9 Å². The van der Waals surface area contributed by atoms with Gasteiger partial charge in [0.1, 0.15) is 11.6 Å². The fourth-order valence-corrected chi connectivity index (χ4v) is 3.54. The lowest BCUT2D eigenvalue weighted by atomic mass is 10.0. The zero-order valence-electron chi connectivity index (χ0n) is 20.2. The maximum atomic E-state index is 12.7. The molecule has 0 aliphatic rings. The van der Waals surface area contributed by atoms with Gasteiger partial charge >= 0.3 is 0 Å². The number of rotatable bonds is 9. The molecule has 0 saturated heterocycles. The van der Waals surface area contributed by atoms with E-state index in [1.54, 1.807) is 31.2 Å². The molecule has 0 atom stereocenters. The predicted molar refractivity (Wildman–Crippen MR) is 135 cm³/mol. The fraction of sp³-hybridized carbons (Fsp3) is 0.222. The molecular formula is C27H28N4O4. The predicted octanol–water partition coefficient (Wildman–Crippen LogP) is 5.09. The molecule has 0 aliphatic heterocycles. The van der Waals surface area contributed by atoms with Crippen LogP contribution in [0.3, 0.4) is 0 Å². The average Bonchev–Trinajstić information content (AvgIpc) is 3.31. The highest BCUT2D eigenvalue weighted by molar-refractivity contribution is 5.92. The van der Waals surface area contributed by atoms with E-state index in [9.17, 15) is 4.79 Å². The molecule has 8 nitrogen and oxygen atoms in total. The van der Waals surface area contributed by atoms with Gasteiger partial charge in [0.15, 0.2) is 23.9 Å². The Morgan fingerprint density at radius 1 is 0.971 bits per heavy atom. The van der Waals surface area contributed by atoms with E-state index in [0.29, 0.717) is 40.5 Å². The number of carbonyl (C=O) groups is 1. The maximum absolute atomic E-state index is 12.7. The minimum Gasteiger partial charge on any atom is -0.493 e. The zero-order valence-corrected chi connectivity index (χ0v) is 20.2. The molecule has 0 fully saturated rings.